The fourth-order valence-electron chi connectivity index (χ4n) is 6.75. The molecule has 2 aliphatic heterocycles. The van der Waals surface area contributed by atoms with Crippen molar-refractivity contribution in [1.82, 2.24) is 34.1 Å². The average molecular weight is 744 g/mol. The number of allylic oxidation sites excluding steroid dienone is 1. The number of rotatable bonds is 8. The maximum Gasteiger partial charge on any atom is 0.408 e. The molecular weight excluding hydrogens is 691 g/mol. The van der Waals surface area contributed by atoms with Crippen molar-refractivity contribution in [2.75, 3.05) is 20.6 Å². The van der Waals surface area contributed by atoms with Crippen LogP contribution in [0.15, 0.2) is 36.4 Å². The maximum absolute atomic E-state index is 14.5. The number of hydrogen-bond donors (Lipinski definition) is 3. The van der Waals surface area contributed by atoms with Crippen molar-refractivity contribution >= 4 is 45.1 Å². The van der Waals surface area contributed by atoms with Gasteiger partial charge < -0.3 is 25.0 Å². The van der Waals surface area contributed by atoms with E-state index in [9.17, 15) is 27.6 Å². The normalized spacial score (nSPS) is 25.9. The molecule has 16 heteroatoms. The van der Waals surface area contributed by atoms with E-state index in [2.05, 4.69) is 29.2 Å². The molecule has 0 radical (unpaired) electrons. The number of nitrogens with one attached hydrogen (secondary N) is 3. The number of hydrogen-bond acceptors (Lipinski definition) is 9. The van der Waals surface area contributed by atoms with Gasteiger partial charge >= 0.3 is 16.3 Å². The van der Waals surface area contributed by atoms with Gasteiger partial charge in [-0.3, -0.25) is 19.0 Å². The highest BCUT2D eigenvalue weighted by Crippen LogP contribution is 2.46. The summed E-state index contributed by atoms with van der Waals surface area (Å²) in [6.45, 7) is 9.99. The Balaban J connectivity index is 1.49. The third-order valence-electron chi connectivity index (χ3n) is 9.48. The van der Waals surface area contributed by atoms with Crippen molar-refractivity contribution in [1.29, 1.82) is 0 Å². The van der Waals surface area contributed by atoms with E-state index in [-0.39, 0.29) is 25.3 Å². The van der Waals surface area contributed by atoms with Gasteiger partial charge in [0, 0.05) is 33.0 Å². The first-order valence-electron chi connectivity index (χ1n) is 18.1. The molecule has 1 saturated heterocycles. The van der Waals surface area contributed by atoms with Gasteiger partial charge in [-0.2, -0.15) is 17.7 Å². The molecule has 0 bridgehead atoms. The molecule has 15 nitrogen and oxygen atoms in total. The van der Waals surface area contributed by atoms with Crippen molar-refractivity contribution in [3.05, 3.63) is 36.4 Å². The molecular formula is C36H53N7O8S. The Kier molecular flexibility index (Phi) is 11.6. The summed E-state index contributed by atoms with van der Waals surface area (Å²) >= 11 is 0. The highest BCUT2D eigenvalue weighted by molar-refractivity contribution is 7.87. The van der Waals surface area contributed by atoms with Crippen LogP contribution in [0.1, 0.15) is 79.6 Å². The van der Waals surface area contributed by atoms with Gasteiger partial charge in [0.1, 0.15) is 29.3 Å². The number of amides is 4. The van der Waals surface area contributed by atoms with E-state index >= 15 is 0 Å². The molecule has 3 aliphatic rings. The Morgan fingerprint density at radius 2 is 1.87 bits per heavy atom. The van der Waals surface area contributed by atoms with Gasteiger partial charge in [-0.15, -0.1) is 0 Å². The molecule has 3 N–H and O–H groups in total. The van der Waals surface area contributed by atoms with E-state index in [0.717, 1.165) is 28.2 Å². The SMILES string of the molecule is CC(C)Cn1c(O[C@@H]2C[C@H]3C(=O)N[C@]4(C(=O)NS(=O)(=O)N(C)C)C[C@H]4C=CCCCCC[C@H](NC(=O)OC(C)(C)C)C(=O)N3C2)nc2ccccc21. The lowest BCUT2D eigenvalue weighted by atomic mass is 10.0. The number of imidazole rings is 1. The average Bonchev–Trinajstić information content (AvgIpc) is 3.40. The van der Waals surface area contributed by atoms with Crippen LogP contribution in [0, 0.1) is 11.8 Å². The minimum atomic E-state index is -4.15. The number of fused-ring (bicyclic) bond motifs is 3. The number of para-hydroxylation sites is 2. The van der Waals surface area contributed by atoms with Crippen molar-refractivity contribution in [3.8, 4) is 6.01 Å². The first-order chi connectivity index (χ1) is 24.4. The van der Waals surface area contributed by atoms with Crippen LogP contribution in [0.3, 0.4) is 0 Å². The first-order valence-corrected chi connectivity index (χ1v) is 19.5. The van der Waals surface area contributed by atoms with Crippen LogP contribution in [0.4, 0.5) is 4.79 Å². The molecule has 4 amide bonds. The lowest BCUT2D eigenvalue weighted by molar-refractivity contribution is -0.141. The molecule has 0 spiro atoms. The number of nitrogens with zero attached hydrogens (tertiary/aromatic N) is 4. The maximum atomic E-state index is 14.5. The summed E-state index contributed by atoms with van der Waals surface area (Å²) in [6.07, 6.45) is 5.80. The zero-order valence-electron chi connectivity index (χ0n) is 31.2. The highest BCUT2D eigenvalue weighted by atomic mass is 32.2. The minimum Gasteiger partial charge on any atom is -0.459 e. The summed E-state index contributed by atoms with van der Waals surface area (Å²) in [5, 5.41) is 5.60. The standard InChI is InChI=1S/C36H53N7O8S/c1-23(2)21-43-28-18-14-13-16-26(28)37-33(43)50-25-19-29-30(44)39-36(32(46)40-52(48,49)41(6)7)20-24(36)15-11-9-8-10-12-17-27(31(45)42(29)22-25)38-34(47)51-35(3,4)5/h11,13-16,18,23-25,27,29H,8-10,12,17,19-22H2,1-7H3,(H,38,47)(H,39,44)(H,40,46)/t24-,25-,27+,29+,36-/m1/s1. The van der Waals surface area contributed by atoms with E-state index in [1.807, 2.05) is 41.0 Å². The predicted molar refractivity (Wildman–Crippen MR) is 194 cm³/mol. The second-order valence-corrected chi connectivity index (χ2v) is 17.5. The van der Waals surface area contributed by atoms with Crippen LogP contribution >= 0.6 is 0 Å². The molecule has 1 aliphatic carbocycles. The van der Waals surface area contributed by atoms with Gasteiger partial charge in [-0.05, 0) is 64.5 Å². The summed E-state index contributed by atoms with van der Waals surface area (Å²) in [4.78, 5) is 61.5. The van der Waals surface area contributed by atoms with Crippen molar-refractivity contribution < 1.29 is 37.1 Å². The van der Waals surface area contributed by atoms with Gasteiger partial charge in [-0.25, -0.2) is 9.52 Å². The van der Waals surface area contributed by atoms with Gasteiger partial charge in [-0.1, -0.05) is 51.0 Å². The third kappa shape index (κ3) is 9.06. The Morgan fingerprint density at radius 1 is 1.13 bits per heavy atom. The van der Waals surface area contributed by atoms with Crippen molar-refractivity contribution in [3.63, 3.8) is 0 Å². The largest absolute Gasteiger partial charge is 0.459 e. The molecule has 2 fully saturated rings. The van der Waals surface area contributed by atoms with Gasteiger partial charge in [0.2, 0.25) is 11.8 Å². The molecule has 2 aromatic rings. The third-order valence-corrected chi connectivity index (χ3v) is 10.9. The number of carbonyl (C=O) groups is 4. The lowest BCUT2D eigenvalue weighted by Gasteiger charge is -2.30. The lowest BCUT2D eigenvalue weighted by Crippen LogP contribution is -2.58. The van der Waals surface area contributed by atoms with Crippen LogP contribution in [0.25, 0.3) is 11.0 Å². The number of aromatic nitrogens is 2. The Bertz CT molecular complexity index is 1800. The fourth-order valence-corrected chi connectivity index (χ4v) is 7.35. The van der Waals surface area contributed by atoms with Crippen molar-refractivity contribution in [2.24, 2.45) is 11.8 Å². The number of carbonyl (C=O) groups excluding carboxylic acids is 4. The fraction of sp³-hybridized carbons (Fsp3) is 0.639. The quantitative estimate of drug-likeness (QED) is 0.342. The van der Waals surface area contributed by atoms with Gasteiger partial charge in [0.05, 0.1) is 17.6 Å². The Hall–Kier alpha value is -4.18. The molecule has 1 saturated carbocycles. The zero-order chi connectivity index (χ0) is 38.0. The number of ether oxygens (including phenoxy) is 2. The molecule has 5 atom stereocenters. The summed E-state index contributed by atoms with van der Waals surface area (Å²) in [6, 6.07) is 5.93. The first kappa shape index (κ1) is 39.0. The molecule has 1 aromatic carbocycles. The van der Waals surface area contributed by atoms with Gasteiger partial charge in [0.25, 0.3) is 11.9 Å². The number of benzene rings is 1. The van der Waals surface area contributed by atoms with Crippen LogP contribution in [-0.4, -0.2) is 101 Å². The van der Waals surface area contributed by atoms with Crippen LogP contribution in [-0.2, 0) is 35.9 Å². The molecule has 286 valence electrons. The zero-order valence-corrected chi connectivity index (χ0v) is 32.0. The van der Waals surface area contributed by atoms with E-state index in [1.54, 1.807) is 20.8 Å². The highest BCUT2D eigenvalue weighted by Gasteiger charge is 2.61. The summed E-state index contributed by atoms with van der Waals surface area (Å²) in [7, 11) is -1.56. The molecule has 52 heavy (non-hydrogen) atoms. The monoisotopic (exact) mass is 743 g/mol. The molecule has 3 heterocycles. The molecule has 1 aromatic heterocycles. The predicted octanol–water partition coefficient (Wildman–Crippen LogP) is 3.25. The smallest absolute Gasteiger partial charge is 0.408 e. The molecule has 5 rings (SSSR count). The summed E-state index contributed by atoms with van der Waals surface area (Å²) < 4.78 is 42.3. The number of alkyl carbamates (subject to hydrolysis) is 1. The molecule has 0 unspecified atom stereocenters. The summed E-state index contributed by atoms with van der Waals surface area (Å²) in [5.41, 5.74) is -0.701. The second kappa shape index (κ2) is 15.4. The topological polar surface area (TPSA) is 181 Å². The van der Waals surface area contributed by atoms with E-state index in [1.165, 1.54) is 19.0 Å². The van der Waals surface area contributed by atoms with E-state index in [0.29, 0.717) is 31.8 Å². The summed E-state index contributed by atoms with van der Waals surface area (Å²) in [5.74, 6) is -2.15. The van der Waals surface area contributed by atoms with E-state index in [4.69, 9.17) is 14.5 Å². The van der Waals surface area contributed by atoms with Gasteiger partial charge in [0.15, 0.2) is 0 Å². The van der Waals surface area contributed by atoms with Crippen LogP contribution in [0.5, 0.6) is 6.01 Å². The van der Waals surface area contributed by atoms with Crippen molar-refractivity contribution in [2.45, 2.75) is 115 Å². The van der Waals surface area contributed by atoms with E-state index < -0.39 is 69.3 Å². The second-order valence-electron chi connectivity index (χ2n) is 15.6. The van der Waals surface area contributed by atoms with Crippen LogP contribution in [0.2, 0.25) is 0 Å². The minimum absolute atomic E-state index is 0.00579. The Morgan fingerprint density at radius 3 is 2.56 bits per heavy atom. The Labute approximate surface area is 306 Å². The van der Waals surface area contributed by atoms with Crippen LogP contribution < -0.4 is 20.1 Å².